The number of morpholine rings is 1. The number of hydrogen-bond acceptors (Lipinski definition) is 3. The quantitative estimate of drug-likeness (QED) is 0.934. The molecule has 0 unspecified atom stereocenters. The molecule has 1 saturated heterocycles. The topological polar surface area (TPSA) is 58.6 Å². The predicted octanol–water partition coefficient (Wildman–Crippen LogP) is 1.90. The van der Waals surface area contributed by atoms with E-state index in [1.165, 1.54) is 0 Å². The van der Waals surface area contributed by atoms with Gasteiger partial charge in [0.2, 0.25) is 5.91 Å². The molecule has 1 heterocycles. The van der Waals surface area contributed by atoms with Crippen molar-refractivity contribution in [2.45, 2.75) is 18.7 Å². The highest BCUT2D eigenvalue weighted by Crippen LogP contribution is 2.29. The molecule has 0 bridgehead atoms. The molecule has 1 aliphatic rings. The lowest BCUT2D eigenvalue weighted by molar-refractivity contribution is -0.162. The van der Waals surface area contributed by atoms with Crippen LogP contribution in [-0.2, 0) is 20.9 Å². The van der Waals surface area contributed by atoms with Crippen LogP contribution in [0, 0.1) is 0 Å². The summed E-state index contributed by atoms with van der Waals surface area (Å²) in [6.07, 6.45) is -0.723. The zero-order valence-electron chi connectivity index (χ0n) is 13.5. The van der Waals surface area contributed by atoms with E-state index < -0.39 is 12.1 Å². The third kappa shape index (κ3) is 3.46. The molecule has 0 spiro atoms. The van der Waals surface area contributed by atoms with Crippen molar-refractivity contribution in [1.29, 1.82) is 0 Å². The number of nitrogens with zero attached hydrogens (tertiary/aromatic N) is 1. The van der Waals surface area contributed by atoms with Gasteiger partial charge in [-0.05, 0) is 11.1 Å². The number of hydrogen-bond donors (Lipinski definition) is 1. The van der Waals surface area contributed by atoms with Crippen molar-refractivity contribution >= 4 is 11.8 Å². The van der Waals surface area contributed by atoms with Crippen molar-refractivity contribution in [1.82, 2.24) is 10.2 Å². The van der Waals surface area contributed by atoms with Gasteiger partial charge in [0, 0.05) is 13.6 Å². The Morgan fingerprint density at radius 2 is 1.75 bits per heavy atom. The number of ether oxygens (including phenoxy) is 1. The first-order valence-electron chi connectivity index (χ1n) is 7.90. The van der Waals surface area contributed by atoms with Crippen LogP contribution in [0.4, 0.5) is 0 Å². The number of carbonyl (C=O) groups is 2. The van der Waals surface area contributed by atoms with Gasteiger partial charge in [0.15, 0.2) is 6.10 Å². The Kier molecular flexibility index (Phi) is 4.91. The summed E-state index contributed by atoms with van der Waals surface area (Å²) in [4.78, 5) is 26.2. The van der Waals surface area contributed by atoms with Gasteiger partial charge < -0.3 is 15.0 Å². The number of carbonyl (C=O) groups excluding carboxylic acids is 2. The molecule has 5 heteroatoms. The third-order valence-electron chi connectivity index (χ3n) is 4.19. The number of rotatable bonds is 4. The zero-order chi connectivity index (χ0) is 16.9. The summed E-state index contributed by atoms with van der Waals surface area (Å²) in [5, 5.41) is 2.90. The maximum Gasteiger partial charge on any atom is 0.251 e. The fraction of sp³-hybridized carbons (Fsp3) is 0.263. The lowest BCUT2D eigenvalue weighted by Gasteiger charge is -2.38. The lowest BCUT2D eigenvalue weighted by Crippen LogP contribution is -2.52. The van der Waals surface area contributed by atoms with Crippen molar-refractivity contribution in [2.24, 2.45) is 0 Å². The number of benzene rings is 2. The first-order chi connectivity index (χ1) is 11.7. The van der Waals surface area contributed by atoms with Crippen LogP contribution in [0.2, 0.25) is 0 Å². The second kappa shape index (κ2) is 7.27. The van der Waals surface area contributed by atoms with Crippen molar-refractivity contribution < 1.29 is 14.3 Å². The molecular weight excluding hydrogens is 304 g/mol. The Morgan fingerprint density at radius 3 is 2.42 bits per heavy atom. The molecule has 1 N–H and O–H groups in total. The van der Waals surface area contributed by atoms with Crippen LogP contribution in [0.15, 0.2) is 60.7 Å². The van der Waals surface area contributed by atoms with Crippen molar-refractivity contribution in [3.8, 4) is 0 Å². The Hall–Kier alpha value is -2.66. The first kappa shape index (κ1) is 16.2. The molecule has 5 nitrogen and oxygen atoms in total. The molecule has 0 saturated carbocycles. The number of nitrogens with one attached hydrogen (secondary N) is 1. The van der Waals surface area contributed by atoms with E-state index in [0.29, 0.717) is 6.54 Å². The maximum absolute atomic E-state index is 12.6. The van der Waals surface area contributed by atoms with Crippen molar-refractivity contribution in [2.75, 3.05) is 13.7 Å². The van der Waals surface area contributed by atoms with Gasteiger partial charge in [-0.15, -0.1) is 0 Å². The van der Waals surface area contributed by atoms with Gasteiger partial charge in [0.05, 0.1) is 6.04 Å². The number of likely N-dealkylation sites (N-methyl/N-ethyl adjacent to an activating group) is 1. The average Bonchev–Trinajstić information content (AvgIpc) is 2.63. The van der Waals surface area contributed by atoms with Crippen LogP contribution < -0.4 is 5.32 Å². The van der Waals surface area contributed by atoms with Crippen LogP contribution >= 0.6 is 0 Å². The van der Waals surface area contributed by atoms with Crippen molar-refractivity contribution in [3.63, 3.8) is 0 Å². The van der Waals surface area contributed by atoms with Gasteiger partial charge in [0.1, 0.15) is 6.61 Å². The fourth-order valence-electron chi connectivity index (χ4n) is 2.87. The molecule has 1 aliphatic heterocycles. The van der Waals surface area contributed by atoms with E-state index in [1.807, 2.05) is 60.7 Å². The van der Waals surface area contributed by atoms with E-state index in [9.17, 15) is 9.59 Å². The normalized spacial score (nSPS) is 20.7. The summed E-state index contributed by atoms with van der Waals surface area (Å²) < 4.78 is 5.57. The third-order valence-corrected chi connectivity index (χ3v) is 4.19. The van der Waals surface area contributed by atoms with E-state index >= 15 is 0 Å². The van der Waals surface area contributed by atoms with Crippen LogP contribution in [0.1, 0.15) is 17.2 Å². The highest BCUT2D eigenvalue weighted by molar-refractivity contribution is 5.86. The van der Waals surface area contributed by atoms with E-state index in [4.69, 9.17) is 4.74 Å². The largest absolute Gasteiger partial charge is 0.356 e. The Bertz CT molecular complexity index is 703. The maximum atomic E-state index is 12.6. The molecular formula is C19H20N2O3. The van der Waals surface area contributed by atoms with Crippen LogP contribution in [0.5, 0.6) is 0 Å². The summed E-state index contributed by atoms with van der Waals surface area (Å²) in [5.41, 5.74) is 1.90. The highest BCUT2D eigenvalue weighted by atomic mass is 16.5. The molecule has 2 amide bonds. The molecule has 24 heavy (non-hydrogen) atoms. The minimum Gasteiger partial charge on any atom is -0.356 e. The predicted molar refractivity (Wildman–Crippen MR) is 90.0 cm³/mol. The van der Waals surface area contributed by atoms with E-state index in [1.54, 1.807) is 11.9 Å². The molecule has 2 aromatic rings. The minimum atomic E-state index is -0.723. The Labute approximate surface area is 141 Å². The van der Waals surface area contributed by atoms with Crippen molar-refractivity contribution in [3.05, 3.63) is 71.8 Å². The molecule has 3 rings (SSSR count). The fourth-order valence-corrected chi connectivity index (χ4v) is 2.87. The molecule has 0 radical (unpaired) electrons. The summed E-state index contributed by atoms with van der Waals surface area (Å²) in [6.45, 7) is 0.349. The van der Waals surface area contributed by atoms with E-state index in [0.717, 1.165) is 11.1 Å². The summed E-state index contributed by atoms with van der Waals surface area (Å²) in [5.74, 6) is -0.344. The van der Waals surface area contributed by atoms with Crippen LogP contribution in [0.3, 0.4) is 0 Å². The zero-order valence-corrected chi connectivity index (χ0v) is 13.5. The van der Waals surface area contributed by atoms with Gasteiger partial charge in [-0.3, -0.25) is 9.59 Å². The summed E-state index contributed by atoms with van der Waals surface area (Å²) in [6, 6.07) is 18.8. The first-order valence-corrected chi connectivity index (χ1v) is 7.90. The summed E-state index contributed by atoms with van der Waals surface area (Å²) in [7, 11) is 1.71. The molecule has 124 valence electrons. The van der Waals surface area contributed by atoms with Gasteiger partial charge in [-0.2, -0.15) is 0 Å². The second-order valence-corrected chi connectivity index (χ2v) is 5.80. The standard InChI is InChI=1S/C19H20N2O3/c1-21-16(22)13-24-18(17(21)15-10-6-3-7-11-15)19(23)20-12-14-8-4-2-5-9-14/h2-11,17-18H,12-13H2,1H3,(H,20,23)/t17-,18+/m1/s1. The SMILES string of the molecule is CN1C(=O)CO[C@H](C(=O)NCc2ccccc2)[C@H]1c1ccccc1. The Morgan fingerprint density at radius 1 is 1.12 bits per heavy atom. The monoisotopic (exact) mass is 324 g/mol. The Balaban J connectivity index is 1.76. The minimum absolute atomic E-state index is 0.0801. The molecule has 0 aromatic heterocycles. The van der Waals surface area contributed by atoms with E-state index in [-0.39, 0.29) is 18.4 Å². The van der Waals surface area contributed by atoms with E-state index in [2.05, 4.69) is 5.32 Å². The molecule has 1 fully saturated rings. The van der Waals surface area contributed by atoms with Gasteiger partial charge >= 0.3 is 0 Å². The van der Waals surface area contributed by atoms with Crippen LogP contribution in [-0.4, -0.2) is 36.5 Å². The highest BCUT2D eigenvalue weighted by Gasteiger charge is 2.39. The lowest BCUT2D eigenvalue weighted by atomic mass is 9.97. The van der Waals surface area contributed by atoms with Crippen LogP contribution in [0.25, 0.3) is 0 Å². The second-order valence-electron chi connectivity index (χ2n) is 5.80. The molecule has 2 aromatic carbocycles. The van der Waals surface area contributed by atoms with Gasteiger partial charge in [-0.1, -0.05) is 60.7 Å². The smallest absolute Gasteiger partial charge is 0.251 e. The average molecular weight is 324 g/mol. The summed E-state index contributed by atoms with van der Waals surface area (Å²) >= 11 is 0. The van der Waals surface area contributed by atoms with Gasteiger partial charge in [-0.25, -0.2) is 0 Å². The molecule has 0 aliphatic carbocycles. The molecule has 2 atom stereocenters. The van der Waals surface area contributed by atoms with Gasteiger partial charge in [0.25, 0.3) is 5.91 Å². The number of amides is 2.